The molecule has 0 aliphatic carbocycles. The first kappa shape index (κ1) is 30.0. The van der Waals surface area contributed by atoms with Crippen LogP contribution in [0.3, 0.4) is 0 Å². The number of benzene rings is 3. The van der Waals surface area contributed by atoms with Crippen molar-refractivity contribution in [3.63, 3.8) is 0 Å². The second kappa shape index (κ2) is 14.6. The first-order chi connectivity index (χ1) is 18.7. The maximum atomic E-state index is 12.2. The first-order valence-corrected chi connectivity index (χ1v) is 13.0. The highest BCUT2D eigenvalue weighted by Gasteiger charge is 2.40. The lowest BCUT2D eigenvalue weighted by Crippen LogP contribution is -2.57. The minimum atomic E-state index is -1.49. The number of amides is 2. The smallest absolute Gasteiger partial charge is 0.233 e. The molecule has 8 nitrogen and oxygen atoms in total. The number of rotatable bonds is 15. The van der Waals surface area contributed by atoms with Crippen molar-refractivity contribution in [1.29, 1.82) is 0 Å². The Labute approximate surface area is 230 Å². The van der Waals surface area contributed by atoms with Crippen LogP contribution in [-0.4, -0.2) is 63.1 Å². The minimum absolute atomic E-state index is 0.0920. The van der Waals surface area contributed by atoms with Crippen molar-refractivity contribution in [3.05, 3.63) is 108 Å². The Hall–Kier alpha value is -3.56. The highest BCUT2D eigenvalue weighted by atomic mass is 16.7. The van der Waals surface area contributed by atoms with E-state index in [2.05, 4.69) is 0 Å². The molecule has 4 atom stereocenters. The molecule has 2 amide bonds. The molecule has 0 saturated heterocycles. The van der Waals surface area contributed by atoms with Gasteiger partial charge in [-0.15, -0.1) is 0 Å². The van der Waals surface area contributed by atoms with Crippen LogP contribution < -0.4 is 0 Å². The number of carbonyl (C=O) groups excluding carboxylic acids is 2. The lowest BCUT2D eigenvalue weighted by molar-refractivity contribution is -0.255. The third-order valence-corrected chi connectivity index (χ3v) is 6.18. The van der Waals surface area contributed by atoms with Gasteiger partial charge in [-0.05, 0) is 50.3 Å². The molecule has 3 rings (SSSR count). The minimum Gasteiger partial charge on any atom is -0.388 e. The quantitative estimate of drug-likeness (QED) is 0.228. The van der Waals surface area contributed by atoms with Crippen molar-refractivity contribution in [2.24, 2.45) is 0 Å². The van der Waals surface area contributed by atoms with Gasteiger partial charge in [-0.3, -0.25) is 19.3 Å². The van der Waals surface area contributed by atoms with E-state index < -0.39 is 29.9 Å². The molecule has 39 heavy (non-hydrogen) atoms. The van der Waals surface area contributed by atoms with Gasteiger partial charge in [0.15, 0.2) is 0 Å². The topological polar surface area (TPSA) is 99.5 Å². The summed E-state index contributed by atoms with van der Waals surface area (Å²) in [5.74, 6) is 0. The molecule has 2 N–H and O–H groups in total. The van der Waals surface area contributed by atoms with Crippen molar-refractivity contribution in [1.82, 2.24) is 10.1 Å². The molecule has 0 fully saturated rings. The number of aliphatic hydroxyl groups is 2. The molecule has 0 radical (unpaired) electrons. The van der Waals surface area contributed by atoms with E-state index in [0.717, 1.165) is 26.8 Å². The van der Waals surface area contributed by atoms with E-state index in [-0.39, 0.29) is 19.4 Å². The van der Waals surface area contributed by atoms with E-state index in [9.17, 15) is 19.8 Å². The lowest BCUT2D eigenvalue weighted by atomic mass is 9.91. The van der Waals surface area contributed by atoms with Crippen LogP contribution in [0.25, 0.3) is 0 Å². The number of hydrogen-bond acceptors (Lipinski definition) is 6. The highest BCUT2D eigenvalue weighted by Crippen LogP contribution is 2.23. The van der Waals surface area contributed by atoms with Crippen LogP contribution in [0.2, 0.25) is 0 Å². The number of carbonyl (C=O) groups is 2. The van der Waals surface area contributed by atoms with E-state index in [1.54, 1.807) is 20.8 Å². The van der Waals surface area contributed by atoms with Gasteiger partial charge in [0, 0.05) is 0 Å². The third kappa shape index (κ3) is 9.30. The Bertz CT molecular complexity index is 1120. The molecule has 3 aromatic carbocycles. The van der Waals surface area contributed by atoms with E-state index in [0.29, 0.717) is 12.8 Å². The molecule has 208 valence electrons. The van der Waals surface area contributed by atoms with E-state index in [4.69, 9.17) is 9.68 Å². The zero-order valence-electron chi connectivity index (χ0n) is 22.7. The van der Waals surface area contributed by atoms with Crippen LogP contribution in [0.1, 0.15) is 37.5 Å². The molecule has 0 unspecified atom stereocenters. The zero-order chi connectivity index (χ0) is 28.3. The van der Waals surface area contributed by atoms with Crippen molar-refractivity contribution in [2.75, 3.05) is 0 Å². The summed E-state index contributed by atoms with van der Waals surface area (Å²) < 4.78 is 0. The summed E-state index contributed by atoms with van der Waals surface area (Å²) in [5.41, 5.74) is 1.77. The average molecular weight is 535 g/mol. The standard InChI is InChI=1S/C31H38N2O6/c1-31(2,3)39-33(23-35)28(20-25-15-9-5-10-16-25)30(37)29(36)27(19-24-13-7-4-8-14-24)32(22-34)38-21-26-17-11-6-12-18-26/h4-18,22-23,27-30,36-37H,19-21H2,1-3H3/t27-,28-,29-,30+/m0/s1. The molecule has 0 aromatic heterocycles. The maximum Gasteiger partial charge on any atom is 0.233 e. The van der Waals surface area contributed by atoms with E-state index in [1.807, 2.05) is 91.0 Å². The SMILES string of the molecule is CC(C)(C)ON(C=O)[C@@H](Cc1ccccc1)[C@@H](O)[C@@H](O)[C@H](Cc1ccccc1)N(C=O)OCc1ccccc1. The molecular formula is C31H38N2O6. The molecule has 0 aliphatic rings. The van der Waals surface area contributed by atoms with Crippen molar-refractivity contribution < 1.29 is 29.5 Å². The van der Waals surface area contributed by atoms with Gasteiger partial charge in [0.1, 0.15) is 18.8 Å². The number of aliphatic hydroxyl groups excluding tert-OH is 2. The average Bonchev–Trinajstić information content (AvgIpc) is 2.95. The van der Waals surface area contributed by atoms with Gasteiger partial charge in [0.05, 0.1) is 17.7 Å². The van der Waals surface area contributed by atoms with Gasteiger partial charge < -0.3 is 10.2 Å². The van der Waals surface area contributed by atoms with Crippen LogP contribution in [-0.2, 0) is 38.7 Å². The van der Waals surface area contributed by atoms with Crippen LogP contribution >= 0.6 is 0 Å². The van der Waals surface area contributed by atoms with Gasteiger partial charge in [0.25, 0.3) is 0 Å². The summed E-state index contributed by atoms with van der Waals surface area (Å²) in [6.45, 7) is 5.45. The molecular weight excluding hydrogens is 496 g/mol. The molecule has 0 bridgehead atoms. The molecule has 0 aliphatic heterocycles. The van der Waals surface area contributed by atoms with Crippen LogP contribution in [0, 0.1) is 0 Å². The Kier molecular flexibility index (Phi) is 11.2. The van der Waals surface area contributed by atoms with Crippen LogP contribution in [0.15, 0.2) is 91.0 Å². The van der Waals surface area contributed by atoms with E-state index >= 15 is 0 Å². The second-order valence-corrected chi connectivity index (χ2v) is 10.4. The summed E-state index contributed by atoms with van der Waals surface area (Å²) >= 11 is 0. The highest BCUT2D eigenvalue weighted by molar-refractivity contribution is 5.47. The fourth-order valence-electron chi connectivity index (χ4n) is 4.30. The third-order valence-electron chi connectivity index (χ3n) is 6.18. The van der Waals surface area contributed by atoms with Gasteiger partial charge in [-0.1, -0.05) is 91.0 Å². The van der Waals surface area contributed by atoms with Crippen molar-refractivity contribution in [3.8, 4) is 0 Å². The summed E-state index contributed by atoms with van der Waals surface area (Å²) in [5, 5.41) is 25.3. The summed E-state index contributed by atoms with van der Waals surface area (Å²) in [7, 11) is 0. The van der Waals surface area contributed by atoms with Crippen LogP contribution in [0.5, 0.6) is 0 Å². The number of hydrogen-bond donors (Lipinski definition) is 2. The number of hydroxylamine groups is 4. The van der Waals surface area contributed by atoms with Gasteiger partial charge in [-0.25, -0.2) is 10.1 Å². The molecule has 8 heteroatoms. The molecule has 0 spiro atoms. The van der Waals surface area contributed by atoms with Gasteiger partial charge in [-0.2, -0.15) is 0 Å². The first-order valence-electron chi connectivity index (χ1n) is 13.0. The van der Waals surface area contributed by atoms with Gasteiger partial charge in [0.2, 0.25) is 12.8 Å². The molecule has 0 heterocycles. The molecule has 0 saturated carbocycles. The molecule has 3 aromatic rings. The fraction of sp³-hybridized carbons (Fsp3) is 0.355. The van der Waals surface area contributed by atoms with Crippen LogP contribution in [0.4, 0.5) is 0 Å². The van der Waals surface area contributed by atoms with E-state index in [1.165, 1.54) is 0 Å². The summed E-state index contributed by atoms with van der Waals surface area (Å²) in [4.78, 5) is 36.1. The normalized spacial score (nSPS) is 14.6. The largest absolute Gasteiger partial charge is 0.388 e. The van der Waals surface area contributed by atoms with Crippen molar-refractivity contribution in [2.45, 2.75) is 70.1 Å². The maximum absolute atomic E-state index is 12.2. The van der Waals surface area contributed by atoms with Gasteiger partial charge >= 0.3 is 0 Å². The number of nitrogens with zero attached hydrogens (tertiary/aromatic N) is 2. The Morgan fingerprint density at radius 3 is 1.44 bits per heavy atom. The fourth-order valence-corrected chi connectivity index (χ4v) is 4.30. The predicted molar refractivity (Wildman–Crippen MR) is 148 cm³/mol. The lowest BCUT2D eigenvalue weighted by Gasteiger charge is -2.40. The summed E-state index contributed by atoms with van der Waals surface area (Å²) in [6.07, 6.45) is -1.57. The van der Waals surface area contributed by atoms with Crippen molar-refractivity contribution >= 4 is 12.8 Å². The zero-order valence-corrected chi connectivity index (χ0v) is 22.7. The Balaban J connectivity index is 1.93. The Morgan fingerprint density at radius 1 is 0.667 bits per heavy atom. The Morgan fingerprint density at radius 2 is 1.05 bits per heavy atom. The second-order valence-electron chi connectivity index (χ2n) is 10.4. The predicted octanol–water partition coefficient (Wildman–Crippen LogP) is 3.71. The summed E-state index contributed by atoms with van der Waals surface area (Å²) in [6, 6.07) is 26.0. The monoisotopic (exact) mass is 534 g/mol.